The van der Waals surface area contributed by atoms with Gasteiger partial charge in [0.2, 0.25) is 11.8 Å². The molecule has 2 aliphatic rings. The second-order valence-corrected chi connectivity index (χ2v) is 6.91. The molecular formula is C15H26N2O3. The normalized spacial score (nSPS) is 34.3. The molecule has 0 radical (unpaired) electrons. The lowest BCUT2D eigenvalue weighted by Gasteiger charge is -2.47. The number of hydrogen-bond acceptors (Lipinski definition) is 3. The Hall–Kier alpha value is -1.10. The Morgan fingerprint density at radius 1 is 1.35 bits per heavy atom. The van der Waals surface area contributed by atoms with Crippen LogP contribution in [0.5, 0.6) is 0 Å². The lowest BCUT2D eigenvalue weighted by Crippen LogP contribution is -2.67. The fourth-order valence-electron chi connectivity index (χ4n) is 3.20. The van der Waals surface area contributed by atoms with E-state index in [0.717, 1.165) is 12.8 Å². The van der Waals surface area contributed by atoms with Crippen molar-refractivity contribution in [2.24, 2.45) is 5.92 Å². The van der Waals surface area contributed by atoms with E-state index in [1.807, 2.05) is 34.6 Å². The number of piperazine rings is 1. The molecule has 2 aliphatic heterocycles. The van der Waals surface area contributed by atoms with Gasteiger partial charge in [0.15, 0.2) is 0 Å². The minimum Gasteiger partial charge on any atom is -0.375 e. The lowest BCUT2D eigenvalue weighted by atomic mass is 9.89. The number of ether oxygens (including phenoxy) is 1. The second-order valence-electron chi connectivity index (χ2n) is 6.91. The summed E-state index contributed by atoms with van der Waals surface area (Å²) in [4.78, 5) is 26.6. The molecule has 2 amide bonds. The van der Waals surface area contributed by atoms with Crippen molar-refractivity contribution in [3.05, 3.63) is 0 Å². The predicted octanol–water partition coefficient (Wildman–Crippen LogP) is 1.32. The summed E-state index contributed by atoms with van der Waals surface area (Å²) in [6.45, 7) is 10.5. The zero-order valence-corrected chi connectivity index (χ0v) is 13.1. The number of hydrogen-bond donors (Lipinski definition) is 1. The fourth-order valence-corrected chi connectivity index (χ4v) is 3.20. The van der Waals surface area contributed by atoms with Gasteiger partial charge in [-0.2, -0.15) is 0 Å². The highest BCUT2D eigenvalue weighted by molar-refractivity contribution is 5.97. The van der Waals surface area contributed by atoms with Crippen LogP contribution in [0.25, 0.3) is 0 Å². The van der Waals surface area contributed by atoms with Crippen LogP contribution in [0, 0.1) is 5.92 Å². The van der Waals surface area contributed by atoms with E-state index in [1.54, 1.807) is 4.90 Å². The maximum atomic E-state index is 12.7. The van der Waals surface area contributed by atoms with Crippen LogP contribution in [0.1, 0.15) is 47.5 Å². The van der Waals surface area contributed by atoms with E-state index >= 15 is 0 Å². The van der Waals surface area contributed by atoms with Crippen molar-refractivity contribution in [2.75, 3.05) is 6.61 Å². The van der Waals surface area contributed by atoms with E-state index < -0.39 is 12.1 Å². The Morgan fingerprint density at radius 2 is 2.00 bits per heavy atom. The van der Waals surface area contributed by atoms with Crippen molar-refractivity contribution in [3.8, 4) is 0 Å². The van der Waals surface area contributed by atoms with Crippen molar-refractivity contribution >= 4 is 11.8 Å². The third-order valence-corrected chi connectivity index (χ3v) is 4.35. The molecular weight excluding hydrogens is 256 g/mol. The summed E-state index contributed by atoms with van der Waals surface area (Å²) in [6.07, 6.45) is 1.58. The average molecular weight is 282 g/mol. The molecule has 2 saturated heterocycles. The molecule has 0 aliphatic carbocycles. The van der Waals surface area contributed by atoms with Crippen molar-refractivity contribution < 1.29 is 14.3 Å². The van der Waals surface area contributed by atoms with Crippen LogP contribution in [0.4, 0.5) is 0 Å². The summed E-state index contributed by atoms with van der Waals surface area (Å²) < 4.78 is 5.72. The Morgan fingerprint density at radius 3 is 2.55 bits per heavy atom. The second kappa shape index (κ2) is 5.35. The molecule has 0 bridgehead atoms. The highest BCUT2D eigenvalue weighted by Crippen LogP contribution is 2.30. The molecule has 5 nitrogen and oxygen atoms in total. The summed E-state index contributed by atoms with van der Waals surface area (Å²) in [6, 6.07) is -0.699. The molecule has 2 rings (SSSR count). The molecule has 20 heavy (non-hydrogen) atoms. The molecule has 5 heteroatoms. The van der Waals surface area contributed by atoms with Crippen LogP contribution >= 0.6 is 0 Å². The molecule has 1 N–H and O–H groups in total. The molecule has 3 unspecified atom stereocenters. The summed E-state index contributed by atoms with van der Waals surface area (Å²) in [5, 5.41) is 2.84. The van der Waals surface area contributed by atoms with Gasteiger partial charge in [-0.05, 0) is 39.5 Å². The number of amides is 2. The van der Waals surface area contributed by atoms with Crippen LogP contribution in [0.2, 0.25) is 0 Å². The zero-order chi connectivity index (χ0) is 15.1. The number of nitrogens with one attached hydrogen (secondary N) is 1. The SMILES string of the molecule is CC(C)C1NC(=O)C(C)N(C2CCOC(C)(C)C2)C1=O. The summed E-state index contributed by atoms with van der Waals surface area (Å²) >= 11 is 0. The molecule has 3 atom stereocenters. The smallest absolute Gasteiger partial charge is 0.246 e. The molecule has 0 aromatic carbocycles. The summed E-state index contributed by atoms with van der Waals surface area (Å²) in [5.74, 6) is 0.108. The van der Waals surface area contributed by atoms with E-state index in [2.05, 4.69) is 5.32 Å². The Labute approximate surface area is 121 Å². The van der Waals surface area contributed by atoms with Crippen LogP contribution in [0.15, 0.2) is 0 Å². The zero-order valence-electron chi connectivity index (χ0n) is 13.1. The minimum absolute atomic E-state index is 0.0485. The third-order valence-electron chi connectivity index (χ3n) is 4.35. The lowest BCUT2D eigenvalue weighted by molar-refractivity contribution is -0.159. The molecule has 114 valence electrons. The maximum absolute atomic E-state index is 12.7. The van der Waals surface area contributed by atoms with Gasteiger partial charge in [0.25, 0.3) is 0 Å². The van der Waals surface area contributed by atoms with Crippen LogP contribution < -0.4 is 5.32 Å². The van der Waals surface area contributed by atoms with E-state index in [-0.39, 0.29) is 29.4 Å². The van der Waals surface area contributed by atoms with Gasteiger partial charge in [-0.1, -0.05) is 13.8 Å². The molecule has 0 saturated carbocycles. The predicted molar refractivity (Wildman–Crippen MR) is 76.1 cm³/mol. The fraction of sp³-hybridized carbons (Fsp3) is 0.867. The average Bonchev–Trinajstić information content (AvgIpc) is 2.32. The highest BCUT2D eigenvalue weighted by Gasteiger charge is 2.44. The van der Waals surface area contributed by atoms with Crippen LogP contribution in [0.3, 0.4) is 0 Å². The van der Waals surface area contributed by atoms with Gasteiger partial charge in [0.1, 0.15) is 12.1 Å². The Balaban J connectivity index is 2.22. The maximum Gasteiger partial charge on any atom is 0.246 e. The molecule has 0 spiro atoms. The standard InChI is InChI=1S/C15H26N2O3/c1-9(2)12-14(19)17(10(3)13(18)16-12)11-6-7-20-15(4,5)8-11/h9-12H,6-8H2,1-5H3,(H,16,18). The summed E-state index contributed by atoms with van der Waals surface area (Å²) in [5.41, 5.74) is -0.232. The van der Waals surface area contributed by atoms with E-state index in [1.165, 1.54) is 0 Å². The molecule has 0 aromatic rings. The number of carbonyl (C=O) groups is 2. The largest absolute Gasteiger partial charge is 0.375 e. The van der Waals surface area contributed by atoms with Crippen molar-refractivity contribution in [1.29, 1.82) is 0 Å². The van der Waals surface area contributed by atoms with E-state index in [4.69, 9.17) is 4.74 Å². The summed E-state index contributed by atoms with van der Waals surface area (Å²) in [7, 11) is 0. The van der Waals surface area contributed by atoms with Gasteiger partial charge in [-0.15, -0.1) is 0 Å². The van der Waals surface area contributed by atoms with E-state index in [0.29, 0.717) is 6.61 Å². The first-order chi connectivity index (χ1) is 9.23. The van der Waals surface area contributed by atoms with Gasteiger partial charge in [-0.3, -0.25) is 9.59 Å². The number of carbonyl (C=O) groups excluding carboxylic acids is 2. The number of rotatable bonds is 2. The molecule has 2 heterocycles. The quantitative estimate of drug-likeness (QED) is 0.831. The monoisotopic (exact) mass is 282 g/mol. The third kappa shape index (κ3) is 2.82. The van der Waals surface area contributed by atoms with Gasteiger partial charge < -0.3 is 15.0 Å². The topological polar surface area (TPSA) is 58.6 Å². The first-order valence-electron chi connectivity index (χ1n) is 7.49. The van der Waals surface area contributed by atoms with Crippen molar-refractivity contribution in [3.63, 3.8) is 0 Å². The van der Waals surface area contributed by atoms with Gasteiger partial charge in [0.05, 0.1) is 5.60 Å². The van der Waals surface area contributed by atoms with Gasteiger partial charge >= 0.3 is 0 Å². The molecule has 0 aromatic heterocycles. The minimum atomic E-state index is -0.398. The first-order valence-corrected chi connectivity index (χ1v) is 7.49. The van der Waals surface area contributed by atoms with Crippen LogP contribution in [-0.2, 0) is 14.3 Å². The molecule has 2 fully saturated rings. The van der Waals surface area contributed by atoms with Gasteiger partial charge in [0, 0.05) is 12.6 Å². The van der Waals surface area contributed by atoms with E-state index in [9.17, 15) is 9.59 Å². The first kappa shape index (κ1) is 15.3. The Bertz CT molecular complexity index is 406. The van der Waals surface area contributed by atoms with Crippen LogP contribution in [-0.4, -0.2) is 47.0 Å². The van der Waals surface area contributed by atoms with Gasteiger partial charge in [-0.25, -0.2) is 0 Å². The Kier molecular flexibility index (Phi) is 4.09. The number of nitrogens with zero attached hydrogens (tertiary/aromatic N) is 1. The van der Waals surface area contributed by atoms with Crippen molar-refractivity contribution in [2.45, 2.75) is 71.2 Å². The highest BCUT2D eigenvalue weighted by atomic mass is 16.5. The van der Waals surface area contributed by atoms with Crippen molar-refractivity contribution in [1.82, 2.24) is 10.2 Å².